The highest BCUT2D eigenvalue weighted by atomic mass is 32.2. The summed E-state index contributed by atoms with van der Waals surface area (Å²) in [6.07, 6.45) is 5.70. The lowest BCUT2D eigenvalue weighted by Crippen LogP contribution is -2.31. The van der Waals surface area contributed by atoms with Crippen LogP contribution in [0.4, 0.5) is 11.8 Å². The molecule has 1 heterocycles. The Morgan fingerprint density at radius 1 is 1.00 bits per heavy atom. The highest BCUT2D eigenvalue weighted by Gasteiger charge is 2.22. The van der Waals surface area contributed by atoms with Crippen LogP contribution in [-0.2, 0) is 16.4 Å². The fourth-order valence-corrected chi connectivity index (χ4v) is 5.16. The summed E-state index contributed by atoms with van der Waals surface area (Å²) in [7, 11) is 0.846. The number of rotatable bonds is 8. The van der Waals surface area contributed by atoms with Crippen LogP contribution in [0, 0.1) is 5.92 Å². The quantitative estimate of drug-likeness (QED) is 0.520. The van der Waals surface area contributed by atoms with E-state index >= 15 is 0 Å². The van der Waals surface area contributed by atoms with Crippen LogP contribution >= 0.6 is 0 Å². The lowest BCUT2D eigenvalue weighted by atomic mass is 9.86. The van der Waals surface area contributed by atoms with Gasteiger partial charge in [0.1, 0.15) is 5.82 Å². The molecule has 1 fully saturated rings. The van der Waals surface area contributed by atoms with Gasteiger partial charge in [-0.2, -0.15) is 4.98 Å². The lowest BCUT2D eigenvalue weighted by Gasteiger charge is -2.29. The van der Waals surface area contributed by atoms with Gasteiger partial charge in [0.2, 0.25) is 5.95 Å². The molecule has 33 heavy (non-hydrogen) atoms. The number of hydrogen-bond acceptors (Lipinski definition) is 7. The van der Waals surface area contributed by atoms with Crippen LogP contribution in [0.2, 0.25) is 0 Å². The van der Waals surface area contributed by atoms with Crippen molar-refractivity contribution in [3.63, 3.8) is 0 Å². The van der Waals surface area contributed by atoms with Crippen LogP contribution in [-0.4, -0.2) is 51.3 Å². The first-order chi connectivity index (χ1) is 15.8. The summed E-state index contributed by atoms with van der Waals surface area (Å²) in [5, 5.41) is 8.13. The van der Waals surface area contributed by atoms with Gasteiger partial charge in [-0.25, -0.2) is 13.4 Å². The number of sulfone groups is 1. The lowest BCUT2D eigenvalue weighted by molar-refractivity contribution is 0.324. The zero-order chi connectivity index (χ0) is 23.4. The van der Waals surface area contributed by atoms with E-state index in [9.17, 15) is 8.42 Å². The maximum absolute atomic E-state index is 11.7. The second-order valence-electron chi connectivity index (χ2n) is 9.19. The fraction of sp³-hybridized carbons (Fsp3) is 0.440. The topological polar surface area (TPSA) is 87.2 Å². The van der Waals surface area contributed by atoms with Crippen molar-refractivity contribution >= 4 is 32.5 Å². The molecular weight excluding hydrogens is 434 g/mol. The maximum atomic E-state index is 11.7. The summed E-state index contributed by atoms with van der Waals surface area (Å²) in [4.78, 5) is 11.9. The number of anilines is 2. The molecule has 1 aliphatic rings. The Morgan fingerprint density at radius 2 is 1.76 bits per heavy atom. The summed E-state index contributed by atoms with van der Waals surface area (Å²) < 4.78 is 23.5. The third-order valence-electron chi connectivity index (χ3n) is 6.28. The molecule has 0 amide bonds. The van der Waals surface area contributed by atoms with E-state index < -0.39 is 9.84 Å². The van der Waals surface area contributed by atoms with E-state index in [1.54, 1.807) is 18.2 Å². The summed E-state index contributed by atoms with van der Waals surface area (Å²) in [5.74, 6) is 2.25. The van der Waals surface area contributed by atoms with Crippen LogP contribution < -0.4 is 15.5 Å². The average molecular weight is 468 g/mol. The van der Waals surface area contributed by atoms with Crippen molar-refractivity contribution in [1.82, 2.24) is 15.3 Å². The van der Waals surface area contributed by atoms with Crippen molar-refractivity contribution < 1.29 is 8.42 Å². The molecule has 3 aromatic rings. The van der Waals surface area contributed by atoms with Gasteiger partial charge >= 0.3 is 0 Å². The first-order valence-corrected chi connectivity index (χ1v) is 13.4. The van der Waals surface area contributed by atoms with Gasteiger partial charge in [0.05, 0.1) is 10.4 Å². The Kier molecular flexibility index (Phi) is 7.14. The van der Waals surface area contributed by atoms with Gasteiger partial charge in [-0.05, 0) is 68.0 Å². The first kappa shape index (κ1) is 23.4. The molecule has 2 aromatic carbocycles. The molecule has 0 saturated heterocycles. The predicted molar refractivity (Wildman–Crippen MR) is 134 cm³/mol. The van der Waals surface area contributed by atoms with E-state index in [0.717, 1.165) is 54.5 Å². The molecule has 0 bridgehead atoms. The van der Waals surface area contributed by atoms with Crippen LogP contribution in [0.25, 0.3) is 10.9 Å². The second kappa shape index (κ2) is 10.1. The third-order valence-corrected chi connectivity index (χ3v) is 7.39. The molecule has 0 unspecified atom stereocenters. The summed E-state index contributed by atoms with van der Waals surface area (Å²) in [5.41, 5.74) is 1.95. The molecule has 0 atom stereocenters. The average Bonchev–Trinajstić information content (AvgIpc) is 2.79. The van der Waals surface area contributed by atoms with Gasteiger partial charge < -0.3 is 15.5 Å². The number of fused-ring (bicyclic) bond motifs is 1. The van der Waals surface area contributed by atoms with Crippen molar-refractivity contribution in [2.75, 3.05) is 37.1 Å². The number of hydrogen-bond donors (Lipinski definition) is 2. The van der Waals surface area contributed by atoms with Gasteiger partial charge in [-0.15, -0.1) is 0 Å². The minimum Gasteiger partial charge on any atom is -0.362 e. The Balaban J connectivity index is 1.28. The predicted octanol–water partition coefficient (Wildman–Crippen LogP) is 3.86. The zero-order valence-corrected chi connectivity index (χ0v) is 20.4. The minimum atomic E-state index is -3.17. The number of para-hydroxylation sites is 1. The summed E-state index contributed by atoms with van der Waals surface area (Å²) >= 11 is 0. The molecular formula is C25H33N5O2S. The zero-order valence-electron chi connectivity index (χ0n) is 19.6. The van der Waals surface area contributed by atoms with Crippen molar-refractivity contribution in [3.8, 4) is 0 Å². The SMILES string of the molecule is CN(C)c1nc(N[C@H]2CC[C@@H](CNCc3cccc(S(C)(=O)=O)c3)CC2)nc2ccccc12. The number of nitrogens with one attached hydrogen (secondary N) is 2. The summed E-state index contributed by atoms with van der Waals surface area (Å²) in [6.45, 7) is 1.62. The molecule has 8 heteroatoms. The maximum Gasteiger partial charge on any atom is 0.225 e. The molecule has 4 rings (SSSR count). The van der Waals surface area contributed by atoms with Gasteiger partial charge in [0, 0.05) is 38.3 Å². The molecule has 1 aliphatic carbocycles. The van der Waals surface area contributed by atoms with Crippen molar-refractivity contribution in [2.24, 2.45) is 5.92 Å². The van der Waals surface area contributed by atoms with Crippen LogP contribution in [0.3, 0.4) is 0 Å². The van der Waals surface area contributed by atoms with E-state index in [4.69, 9.17) is 9.97 Å². The number of nitrogens with zero attached hydrogens (tertiary/aromatic N) is 3. The highest BCUT2D eigenvalue weighted by molar-refractivity contribution is 7.90. The molecule has 0 spiro atoms. The monoisotopic (exact) mass is 467 g/mol. The second-order valence-corrected chi connectivity index (χ2v) is 11.2. The normalized spacial score (nSPS) is 18.9. The largest absolute Gasteiger partial charge is 0.362 e. The van der Waals surface area contributed by atoms with Crippen molar-refractivity contribution in [3.05, 3.63) is 54.1 Å². The van der Waals surface area contributed by atoms with Gasteiger partial charge in [-0.3, -0.25) is 0 Å². The molecule has 1 saturated carbocycles. The molecule has 2 N–H and O–H groups in total. The summed E-state index contributed by atoms with van der Waals surface area (Å²) in [6, 6.07) is 15.7. The van der Waals surface area contributed by atoms with E-state index in [0.29, 0.717) is 29.3 Å². The molecule has 176 valence electrons. The molecule has 0 aliphatic heterocycles. The van der Waals surface area contributed by atoms with E-state index in [1.165, 1.54) is 6.26 Å². The van der Waals surface area contributed by atoms with E-state index in [-0.39, 0.29) is 0 Å². The van der Waals surface area contributed by atoms with Crippen LogP contribution in [0.15, 0.2) is 53.4 Å². The van der Waals surface area contributed by atoms with Crippen LogP contribution in [0.1, 0.15) is 31.2 Å². The van der Waals surface area contributed by atoms with Gasteiger partial charge in [0.25, 0.3) is 0 Å². The third kappa shape index (κ3) is 6.00. The fourth-order valence-electron chi connectivity index (χ4n) is 4.47. The van der Waals surface area contributed by atoms with Crippen molar-refractivity contribution in [2.45, 2.75) is 43.2 Å². The van der Waals surface area contributed by atoms with Crippen LogP contribution in [0.5, 0.6) is 0 Å². The van der Waals surface area contributed by atoms with E-state index in [2.05, 4.69) is 16.7 Å². The molecule has 1 aromatic heterocycles. The van der Waals surface area contributed by atoms with E-state index in [1.807, 2.05) is 43.3 Å². The first-order valence-electron chi connectivity index (χ1n) is 11.5. The minimum absolute atomic E-state index is 0.377. The number of aromatic nitrogens is 2. The standard InChI is InChI=1S/C25H33N5O2S/c1-30(2)24-22-9-4-5-10-23(22)28-25(29-24)27-20-13-11-18(12-14-20)16-26-17-19-7-6-8-21(15-19)33(3,31)32/h4-10,15,18,20,26H,11-14,16-17H2,1-3H3,(H,27,28,29)/t18-,20+. The number of benzene rings is 2. The Hall–Kier alpha value is -2.71. The van der Waals surface area contributed by atoms with Crippen molar-refractivity contribution in [1.29, 1.82) is 0 Å². The highest BCUT2D eigenvalue weighted by Crippen LogP contribution is 2.28. The molecule has 0 radical (unpaired) electrons. The van der Waals surface area contributed by atoms with Gasteiger partial charge in [0.15, 0.2) is 9.84 Å². The Morgan fingerprint density at radius 3 is 2.48 bits per heavy atom. The Bertz CT molecular complexity index is 1200. The smallest absolute Gasteiger partial charge is 0.225 e. The van der Waals surface area contributed by atoms with Gasteiger partial charge in [-0.1, -0.05) is 24.3 Å². The Labute approximate surface area is 196 Å². The molecule has 7 nitrogen and oxygen atoms in total.